The molecule has 4 nitrogen and oxygen atoms in total. The molecule has 0 amide bonds. The van der Waals surface area contributed by atoms with E-state index >= 15 is 0 Å². The second-order valence-electron chi connectivity index (χ2n) is 6.05. The van der Waals surface area contributed by atoms with E-state index in [0.29, 0.717) is 12.1 Å². The number of hydrogen-bond donors (Lipinski definition) is 1. The van der Waals surface area contributed by atoms with Crippen LogP contribution in [0.15, 0.2) is 48.8 Å². The topological polar surface area (TPSA) is 42.7 Å². The van der Waals surface area contributed by atoms with Crippen LogP contribution in [0.25, 0.3) is 10.8 Å². The Balaban J connectivity index is 1.56. The summed E-state index contributed by atoms with van der Waals surface area (Å²) in [7, 11) is 0. The number of rotatable bonds is 3. The number of benzene rings is 2. The van der Waals surface area contributed by atoms with Crippen LogP contribution in [0.3, 0.4) is 0 Å². The van der Waals surface area contributed by atoms with Crippen molar-refractivity contribution in [2.45, 2.75) is 38.4 Å². The molecule has 22 heavy (non-hydrogen) atoms. The Labute approximate surface area is 130 Å². The molecule has 3 aromatic rings. The van der Waals surface area contributed by atoms with Crippen LogP contribution in [0.4, 0.5) is 0 Å². The number of aryl methyl sites for hydroxylation is 1. The molecule has 1 aliphatic heterocycles. The Morgan fingerprint density at radius 3 is 3.00 bits per heavy atom. The third kappa shape index (κ3) is 2.40. The van der Waals surface area contributed by atoms with Gasteiger partial charge in [0, 0.05) is 18.5 Å². The van der Waals surface area contributed by atoms with Gasteiger partial charge in [-0.05, 0) is 29.7 Å². The quantitative estimate of drug-likeness (QED) is 0.806. The number of hydrogen-bond acceptors (Lipinski definition) is 3. The minimum atomic E-state index is 0.321. The number of aromatic nitrogens is 3. The maximum absolute atomic E-state index is 4.30. The summed E-state index contributed by atoms with van der Waals surface area (Å²) in [5, 5.41) is 10.7. The van der Waals surface area contributed by atoms with Gasteiger partial charge in [0.1, 0.15) is 12.2 Å². The first-order chi connectivity index (χ1) is 10.8. The molecule has 112 valence electrons. The van der Waals surface area contributed by atoms with Crippen molar-refractivity contribution in [3.05, 3.63) is 60.2 Å². The highest BCUT2D eigenvalue weighted by Gasteiger charge is 2.21. The van der Waals surface area contributed by atoms with E-state index in [1.807, 2.05) is 4.68 Å². The molecule has 1 aromatic heterocycles. The molecule has 0 unspecified atom stereocenters. The molecule has 0 bridgehead atoms. The highest BCUT2D eigenvalue weighted by Crippen LogP contribution is 2.25. The average molecular weight is 292 g/mol. The van der Waals surface area contributed by atoms with Crippen LogP contribution < -0.4 is 5.32 Å². The van der Waals surface area contributed by atoms with Crippen LogP contribution in [0, 0.1) is 0 Å². The lowest BCUT2D eigenvalue weighted by Crippen LogP contribution is -2.39. The molecule has 2 aromatic carbocycles. The molecule has 0 saturated carbocycles. The second kappa shape index (κ2) is 5.54. The molecule has 1 N–H and O–H groups in total. The predicted octanol–water partition coefficient (Wildman–Crippen LogP) is 3.10. The Morgan fingerprint density at radius 2 is 2.05 bits per heavy atom. The van der Waals surface area contributed by atoms with Gasteiger partial charge in [-0.3, -0.25) is 0 Å². The van der Waals surface area contributed by atoms with Crippen molar-refractivity contribution < 1.29 is 0 Å². The molecule has 0 spiro atoms. The molecule has 4 rings (SSSR count). The Morgan fingerprint density at radius 1 is 1.18 bits per heavy atom. The maximum Gasteiger partial charge on any atom is 0.138 e. The zero-order valence-electron chi connectivity index (χ0n) is 12.7. The van der Waals surface area contributed by atoms with Crippen LogP contribution in [-0.4, -0.2) is 20.8 Å². The largest absolute Gasteiger partial charge is 0.306 e. The summed E-state index contributed by atoms with van der Waals surface area (Å²) in [6, 6.07) is 15.9. The molecule has 0 aliphatic carbocycles. The molecule has 0 fully saturated rings. The first-order valence-electron chi connectivity index (χ1n) is 7.91. The molecule has 0 saturated heterocycles. The second-order valence-corrected chi connectivity index (χ2v) is 6.05. The van der Waals surface area contributed by atoms with Crippen molar-refractivity contribution in [3.8, 4) is 0 Å². The fourth-order valence-electron chi connectivity index (χ4n) is 3.45. The highest BCUT2D eigenvalue weighted by molar-refractivity contribution is 5.86. The van der Waals surface area contributed by atoms with Crippen molar-refractivity contribution in [1.29, 1.82) is 0 Å². The van der Waals surface area contributed by atoms with E-state index < -0.39 is 0 Å². The summed E-state index contributed by atoms with van der Waals surface area (Å²) in [5.74, 6) is 1.11. The van der Waals surface area contributed by atoms with E-state index in [4.69, 9.17) is 0 Å². The number of fused-ring (bicyclic) bond motifs is 2. The lowest BCUT2D eigenvalue weighted by atomic mass is 9.98. The molecule has 0 radical (unpaired) electrons. The monoisotopic (exact) mass is 292 g/mol. The van der Waals surface area contributed by atoms with Crippen molar-refractivity contribution in [2.24, 2.45) is 0 Å². The Hall–Kier alpha value is -2.20. The highest BCUT2D eigenvalue weighted by atomic mass is 15.3. The fourth-order valence-corrected chi connectivity index (χ4v) is 3.45. The van der Waals surface area contributed by atoms with E-state index in [1.54, 1.807) is 6.33 Å². The molecular weight excluding hydrogens is 272 g/mol. The Bertz CT molecular complexity index is 787. The van der Waals surface area contributed by atoms with Gasteiger partial charge in [-0.2, -0.15) is 5.10 Å². The standard InChI is InChI=1S/C18H20N4/c1-13(16-8-4-6-14-5-2-3-7-17(14)16)21-15-9-10-18-19-12-20-22(18)11-15/h2-8,12-13,15,21H,9-11H2,1H3/t13-,15+/m1/s1. The van der Waals surface area contributed by atoms with Crippen molar-refractivity contribution in [3.63, 3.8) is 0 Å². The van der Waals surface area contributed by atoms with Gasteiger partial charge in [-0.15, -0.1) is 0 Å². The lowest BCUT2D eigenvalue weighted by Gasteiger charge is -2.27. The van der Waals surface area contributed by atoms with Gasteiger partial charge in [-0.1, -0.05) is 42.5 Å². The summed E-state index contributed by atoms with van der Waals surface area (Å²) >= 11 is 0. The van der Waals surface area contributed by atoms with Gasteiger partial charge >= 0.3 is 0 Å². The maximum atomic E-state index is 4.30. The molecule has 1 aliphatic rings. The SMILES string of the molecule is C[C@@H](N[C@H]1CCc2ncnn2C1)c1cccc2ccccc12. The Kier molecular flexibility index (Phi) is 3.39. The van der Waals surface area contributed by atoms with E-state index in [1.165, 1.54) is 16.3 Å². The first-order valence-corrected chi connectivity index (χ1v) is 7.91. The third-order valence-corrected chi connectivity index (χ3v) is 4.58. The fraction of sp³-hybridized carbons (Fsp3) is 0.333. The normalized spacial score (nSPS) is 19.0. The molecule has 4 heteroatoms. The van der Waals surface area contributed by atoms with E-state index in [0.717, 1.165) is 25.2 Å². The summed E-state index contributed by atoms with van der Waals surface area (Å²) in [6.07, 6.45) is 3.78. The summed E-state index contributed by atoms with van der Waals surface area (Å²) < 4.78 is 2.02. The predicted molar refractivity (Wildman–Crippen MR) is 87.6 cm³/mol. The van der Waals surface area contributed by atoms with Crippen LogP contribution in [-0.2, 0) is 13.0 Å². The van der Waals surface area contributed by atoms with Crippen molar-refractivity contribution in [1.82, 2.24) is 20.1 Å². The van der Waals surface area contributed by atoms with Gasteiger partial charge in [-0.25, -0.2) is 9.67 Å². The van der Waals surface area contributed by atoms with Crippen LogP contribution >= 0.6 is 0 Å². The molecular formula is C18H20N4. The van der Waals surface area contributed by atoms with Gasteiger partial charge < -0.3 is 5.32 Å². The van der Waals surface area contributed by atoms with E-state index in [-0.39, 0.29) is 0 Å². The summed E-state index contributed by atoms with van der Waals surface area (Å²) in [5.41, 5.74) is 1.36. The zero-order valence-corrected chi connectivity index (χ0v) is 12.7. The van der Waals surface area contributed by atoms with Crippen LogP contribution in [0.2, 0.25) is 0 Å². The van der Waals surface area contributed by atoms with Gasteiger partial charge in [0.25, 0.3) is 0 Å². The van der Waals surface area contributed by atoms with Gasteiger partial charge in [0.15, 0.2) is 0 Å². The minimum Gasteiger partial charge on any atom is -0.306 e. The van der Waals surface area contributed by atoms with Crippen LogP contribution in [0.5, 0.6) is 0 Å². The lowest BCUT2D eigenvalue weighted by molar-refractivity contribution is 0.335. The van der Waals surface area contributed by atoms with E-state index in [9.17, 15) is 0 Å². The number of nitrogens with one attached hydrogen (secondary N) is 1. The number of nitrogens with zero attached hydrogens (tertiary/aromatic N) is 3. The van der Waals surface area contributed by atoms with Crippen LogP contribution in [0.1, 0.15) is 30.8 Å². The van der Waals surface area contributed by atoms with Gasteiger partial charge in [0.05, 0.1) is 6.54 Å². The van der Waals surface area contributed by atoms with Crippen molar-refractivity contribution in [2.75, 3.05) is 0 Å². The summed E-state index contributed by atoms with van der Waals surface area (Å²) in [4.78, 5) is 4.29. The van der Waals surface area contributed by atoms with E-state index in [2.05, 4.69) is 64.8 Å². The van der Waals surface area contributed by atoms with Crippen molar-refractivity contribution >= 4 is 10.8 Å². The smallest absolute Gasteiger partial charge is 0.138 e. The minimum absolute atomic E-state index is 0.321. The average Bonchev–Trinajstić information content (AvgIpc) is 3.02. The first kappa shape index (κ1) is 13.5. The third-order valence-electron chi connectivity index (χ3n) is 4.58. The molecule has 2 heterocycles. The van der Waals surface area contributed by atoms with Gasteiger partial charge in [0.2, 0.25) is 0 Å². The summed E-state index contributed by atoms with van der Waals surface area (Å²) in [6.45, 7) is 3.16. The zero-order chi connectivity index (χ0) is 14.9. The molecule has 2 atom stereocenters.